The normalized spacial score (nSPS) is 22.5. The van der Waals surface area contributed by atoms with Crippen molar-refractivity contribution in [1.82, 2.24) is 9.97 Å². The lowest BCUT2D eigenvalue weighted by atomic mass is 9.81. The van der Waals surface area contributed by atoms with Crippen molar-refractivity contribution in [1.29, 1.82) is 0 Å². The van der Waals surface area contributed by atoms with Gasteiger partial charge in [0.05, 0.1) is 0 Å². The lowest BCUT2D eigenvalue weighted by Gasteiger charge is -2.28. The molecule has 0 atom stereocenters. The van der Waals surface area contributed by atoms with Gasteiger partial charge in [0.1, 0.15) is 11.6 Å². The Morgan fingerprint density at radius 3 is 2.25 bits per heavy atom. The predicted octanol–water partition coefficient (Wildman–Crippen LogP) is 3.12. The van der Waals surface area contributed by atoms with E-state index < -0.39 is 0 Å². The van der Waals surface area contributed by atoms with Gasteiger partial charge in [0.2, 0.25) is 5.95 Å². The molecule has 1 aliphatic carbocycles. The lowest BCUT2D eigenvalue weighted by Crippen LogP contribution is -2.21. The standard InChI is InChI=1S/C15H27N5/c1-3-11-5-7-12(8-6-11)10-18-14-9-13(17-4-2)19-15(16)20-14/h9,11-12H,3-8,10H2,1-2H3,(H4,16,17,18,19,20). The first-order valence-electron chi connectivity index (χ1n) is 7.83. The van der Waals surface area contributed by atoms with Gasteiger partial charge in [-0.05, 0) is 31.6 Å². The van der Waals surface area contributed by atoms with Crippen LogP contribution in [0.15, 0.2) is 6.07 Å². The van der Waals surface area contributed by atoms with Crippen LogP contribution in [0.5, 0.6) is 0 Å². The predicted molar refractivity (Wildman–Crippen MR) is 84.8 cm³/mol. The molecule has 5 nitrogen and oxygen atoms in total. The molecule has 0 aromatic carbocycles. The molecule has 0 radical (unpaired) electrons. The van der Waals surface area contributed by atoms with Gasteiger partial charge in [-0.15, -0.1) is 0 Å². The van der Waals surface area contributed by atoms with E-state index in [0.29, 0.717) is 5.95 Å². The Hall–Kier alpha value is -1.52. The van der Waals surface area contributed by atoms with Crippen LogP contribution >= 0.6 is 0 Å². The third-order valence-corrected chi connectivity index (χ3v) is 4.22. The topological polar surface area (TPSA) is 75.9 Å². The number of rotatable bonds is 6. The van der Waals surface area contributed by atoms with Crippen molar-refractivity contribution in [2.24, 2.45) is 11.8 Å². The van der Waals surface area contributed by atoms with E-state index in [1.165, 1.54) is 32.1 Å². The highest BCUT2D eigenvalue weighted by molar-refractivity contribution is 5.50. The van der Waals surface area contributed by atoms with Crippen LogP contribution in [0.1, 0.15) is 46.0 Å². The molecule has 4 N–H and O–H groups in total. The molecule has 1 aromatic rings. The van der Waals surface area contributed by atoms with Crippen molar-refractivity contribution in [3.8, 4) is 0 Å². The maximum absolute atomic E-state index is 5.73. The number of hydrogen-bond donors (Lipinski definition) is 3. The molecule has 0 unspecified atom stereocenters. The van der Waals surface area contributed by atoms with Gasteiger partial charge < -0.3 is 16.4 Å². The Morgan fingerprint density at radius 2 is 1.65 bits per heavy atom. The Kier molecular flexibility index (Phi) is 5.44. The summed E-state index contributed by atoms with van der Waals surface area (Å²) < 4.78 is 0. The third kappa shape index (κ3) is 4.25. The fraction of sp³-hybridized carbons (Fsp3) is 0.733. The van der Waals surface area contributed by atoms with E-state index in [1.807, 2.05) is 13.0 Å². The second-order valence-corrected chi connectivity index (χ2v) is 5.70. The van der Waals surface area contributed by atoms with E-state index in [9.17, 15) is 0 Å². The van der Waals surface area contributed by atoms with E-state index in [0.717, 1.165) is 36.6 Å². The van der Waals surface area contributed by atoms with Crippen LogP contribution in [0.25, 0.3) is 0 Å². The Labute approximate surface area is 121 Å². The molecule has 0 amide bonds. The van der Waals surface area contributed by atoms with Crippen molar-refractivity contribution in [3.05, 3.63) is 6.07 Å². The Balaban J connectivity index is 1.84. The zero-order valence-corrected chi connectivity index (χ0v) is 12.7. The molecule has 20 heavy (non-hydrogen) atoms. The Morgan fingerprint density at radius 1 is 1.05 bits per heavy atom. The van der Waals surface area contributed by atoms with Crippen LogP contribution in [0.2, 0.25) is 0 Å². The van der Waals surface area contributed by atoms with Gasteiger partial charge >= 0.3 is 0 Å². The average Bonchev–Trinajstić information content (AvgIpc) is 2.45. The zero-order chi connectivity index (χ0) is 14.4. The SMILES string of the molecule is CCNc1cc(NCC2CCC(CC)CC2)nc(N)n1. The summed E-state index contributed by atoms with van der Waals surface area (Å²) in [5.41, 5.74) is 5.73. The summed E-state index contributed by atoms with van der Waals surface area (Å²) >= 11 is 0. The number of aromatic nitrogens is 2. The Bertz CT molecular complexity index is 413. The maximum Gasteiger partial charge on any atom is 0.223 e. The van der Waals surface area contributed by atoms with Crippen molar-refractivity contribution < 1.29 is 0 Å². The molecule has 5 heteroatoms. The van der Waals surface area contributed by atoms with Gasteiger partial charge in [-0.25, -0.2) is 0 Å². The minimum absolute atomic E-state index is 0.320. The number of anilines is 3. The fourth-order valence-electron chi connectivity index (χ4n) is 2.92. The summed E-state index contributed by atoms with van der Waals surface area (Å²) in [5.74, 6) is 3.64. The fourth-order valence-corrected chi connectivity index (χ4v) is 2.92. The first-order chi connectivity index (χ1) is 9.71. The van der Waals surface area contributed by atoms with E-state index >= 15 is 0 Å². The summed E-state index contributed by atoms with van der Waals surface area (Å²) in [7, 11) is 0. The summed E-state index contributed by atoms with van der Waals surface area (Å²) in [6.45, 7) is 6.15. The number of nitrogens with one attached hydrogen (secondary N) is 2. The highest BCUT2D eigenvalue weighted by atomic mass is 15.1. The van der Waals surface area contributed by atoms with Crippen LogP contribution in [-0.2, 0) is 0 Å². The first-order valence-corrected chi connectivity index (χ1v) is 7.83. The molecule has 1 saturated carbocycles. The smallest absolute Gasteiger partial charge is 0.223 e. The molecular weight excluding hydrogens is 250 g/mol. The van der Waals surface area contributed by atoms with Gasteiger partial charge in [0.15, 0.2) is 0 Å². The van der Waals surface area contributed by atoms with Crippen molar-refractivity contribution >= 4 is 17.6 Å². The summed E-state index contributed by atoms with van der Waals surface area (Å²) in [4.78, 5) is 8.40. The number of hydrogen-bond acceptors (Lipinski definition) is 5. The van der Waals surface area contributed by atoms with Crippen LogP contribution in [0, 0.1) is 11.8 Å². The second-order valence-electron chi connectivity index (χ2n) is 5.70. The largest absolute Gasteiger partial charge is 0.370 e. The molecular formula is C15H27N5. The average molecular weight is 277 g/mol. The van der Waals surface area contributed by atoms with Crippen LogP contribution in [0.3, 0.4) is 0 Å². The van der Waals surface area contributed by atoms with E-state index in [2.05, 4.69) is 27.5 Å². The van der Waals surface area contributed by atoms with Gasteiger partial charge in [-0.2, -0.15) is 9.97 Å². The molecule has 0 bridgehead atoms. The van der Waals surface area contributed by atoms with Gasteiger partial charge in [-0.3, -0.25) is 0 Å². The zero-order valence-electron chi connectivity index (χ0n) is 12.7. The van der Waals surface area contributed by atoms with Crippen LogP contribution < -0.4 is 16.4 Å². The number of nitrogens with two attached hydrogens (primary N) is 1. The third-order valence-electron chi connectivity index (χ3n) is 4.22. The quantitative estimate of drug-likeness (QED) is 0.745. The number of nitrogens with zero attached hydrogens (tertiary/aromatic N) is 2. The minimum atomic E-state index is 0.320. The van der Waals surface area contributed by atoms with Gasteiger partial charge in [0.25, 0.3) is 0 Å². The maximum atomic E-state index is 5.73. The van der Waals surface area contributed by atoms with E-state index in [-0.39, 0.29) is 0 Å². The summed E-state index contributed by atoms with van der Waals surface area (Å²) in [6, 6.07) is 1.93. The van der Waals surface area contributed by atoms with E-state index in [1.54, 1.807) is 0 Å². The van der Waals surface area contributed by atoms with Gasteiger partial charge in [0, 0.05) is 19.2 Å². The molecule has 1 aliphatic rings. The molecule has 0 saturated heterocycles. The summed E-state index contributed by atoms with van der Waals surface area (Å²) in [6.07, 6.45) is 6.72. The molecule has 112 valence electrons. The first kappa shape index (κ1) is 14.9. The van der Waals surface area contributed by atoms with Crippen LogP contribution in [0.4, 0.5) is 17.6 Å². The summed E-state index contributed by atoms with van der Waals surface area (Å²) in [5, 5.41) is 6.58. The molecule has 0 spiro atoms. The highest BCUT2D eigenvalue weighted by Crippen LogP contribution is 2.30. The second kappa shape index (κ2) is 7.31. The lowest BCUT2D eigenvalue weighted by molar-refractivity contribution is 0.278. The number of nitrogen functional groups attached to an aromatic ring is 1. The van der Waals surface area contributed by atoms with Crippen molar-refractivity contribution in [3.63, 3.8) is 0 Å². The highest BCUT2D eigenvalue weighted by Gasteiger charge is 2.19. The van der Waals surface area contributed by atoms with Crippen LogP contribution in [-0.4, -0.2) is 23.1 Å². The van der Waals surface area contributed by atoms with Crippen molar-refractivity contribution in [2.75, 3.05) is 29.5 Å². The van der Waals surface area contributed by atoms with E-state index in [4.69, 9.17) is 5.73 Å². The van der Waals surface area contributed by atoms with Gasteiger partial charge in [-0.1, -0.05) is 26.2 Å². The molecule has 1 heterocycles. The molecule has 0 aliphatic heterocycles. The minimum Gasteiger partial charge on any atom is -0.370 e. The molecule has 2 rings (SSSR count). The monoisotopic (exact) mass is 277 g/mol. The van der Waals surface area contributed by atoms with Crippen molar-refractivity contribution in [2.45, 2.75) is 46.0 Å². The molecule has 1 fully saturated rings. The molecule has 1 aromatic heterocycles.